The molecule has 0 aromatic heterocycles. The molecular weight excluding hydrogens is 212 g/mol. The molecule has 1 aliphatic rings. The minimum Gasteiger partial charge on any atom is -0.393 e. The first-order valence-electron chi connectivity index (χ1n) is 7.39. The molecule has 2 nitrogen and oxygen atoms in total. The van der Waals surface area contributed by atoms with E-state index in [0.717, 1.165) is 44.3 Å². The molecule has 0 radical (unpaired) electrons. The van der Waals surface area contributed by atoms with Crippen LogP contribution in [0.3, 0.4) is 0 Å². The van der Waals surface area contributed by atoms with Crippen LogP contribution in [0.2, 0.25) is 0 Å². The van der Waals surface area contributed by atoms with Crippen molar-refractivity contribution in [2.45, 2.75) is 65.4 Å². The van der Waals surface area contributed by atoms with E-state index < -0.39 is 0 Å². The molecule has 102 valence electrons. The highest BCUT2D eigenvalue weighted by atomic mass is 16.5. The molecule has 0 spiro atoms. The summed E-state index contributed by atoms with van der Waals surface area (Å²) in [4.78, 5) is 0. The van der Waals surface area contributed by atoms with Crippen LogP contribution >= 0.6 is 0 Å². The lowest BCUT2D eigenvalue weighted by molar-refractivity contribution is 0.0214. The van der Waals surface area contributed by atoms with E-state index in [0.29, 0.717) is 5.92 Å². The number of ether oxygens (including phenoxy) is 1. The Kier molecular flexibility index (Phi) is 7.14. The van der Waals surface area contributed by atoms with Crippen LogP contribution in [0.5, 0.6) is 0 Å². The fourth-order valence-electron chi connectivity index (χ4n) is 2.68. The second-order valence-electron chi connectivity index (χ2n) is 6.00. The largest absolute Gasteiger partial charge is 0.393 e. The minimum absolute atomic E-state index is 0.0773. The van der Waals surface area contributed by atoms with Crippen molar-refractivity contribution in [1.29, 1.82) is 0 Å². The van der Waals surface area contributed by atoms with Crippen LogP contribution in [0.1, 0.15) is 59.3 Å². The highest BCUT2D eigenvalue weighted by Gasteiger charge is 2.27. The van der Waals surface area contributed by atoms with Gasteiger partial charge in [-0.3, -0.25) is 0 Å². The monoisotopic (exact) mass is 242 g/mol. The van der Waals surface area contributed by atoms with Gasteiger partial charge in [0.25, 0.3) is 0 Å². The Morgan fingerprint density at radius 2 is 2.00 bits per heavy atom. The molecule has 17 heavy (non-hydrogen) atoms. The van der Waals surface area contributed by atoms with Crippen molar-refractivity contribution < 1.29 is 9.84 Å². The Balaban J connectivity index is 2.12. The summed E-state index contributed by atoms with van der Waals surface area (Å²) in [6.45, 7) is 8.40. The Labute approximate surface area is 107 Å². The van der Waals surface area contributed by atoms with E-state index in [1.165, 1.54) is 19.3 Å². The van der Waals surface area contributed by atoms with E-state index in [4.69, 9.17) is 4.74 Å². The normalized spacial score (nSPS) is 29.8. The lowest BCUT2D eigenvalue weighted by Gasteiger charge is -2.32. The average Bonchev–Trinajstić information content (AvgIpc) is 2.30. The second kappa shape index (κ2) is 8.10. The predicted molar refractivity (Wildman–Crippen MR) is 72.0 cm³/mol. The molecule has 0 bridgehead atoms. The van der Waals surface area contributed by atoms with Gasteiger partial charge in [0, 0.05) is 13.2 Å². The highest BCUT2D eigenvalue weighted by Crippen LogP contribution is 2.33. The second-order valence-corrected chi connectivity index (χ2v) is 6.00. The van der Waals surface area contributed by atoms with Gasteiger partial charge in [-0.1, -0.05) is 27.2 Å². The third-order valence-corrected chi connectivity index (χ3v) is 4.10. The molecule has 1 fully saturated rings. The minimum atomic E-state index is -0.0773. The van der Waals surface area contributed by atoms with Crippen molar-refractivity contribution in [3.05, 3.63) is 0 Å². The van der Waals surface area contributed by atoms with Gasteiger partial charge in [0.15, 0.2) is 0 Å². The summed E-state index contributed by atoms with van der Waals surface area (Å²) in [5.41, 5.74) is 0. The molecule has 0 saturated heterocycles. The van der Waals surface area contributed by atoms with Crippen molar-refractivity contribution in [3.8, 4) is 0 Å². The summed E-state index contributed by atoms with van der Waals surface area (Å²) < 4.78 is 5.65. The maximum atomic E-state index is 9.97. The molecule has 3 atom stereocenters. The van der Waals surface area contributed by atoms with E-state index >= 15 is 0 Å². The molecule has 1 aliphatic carbocycles. The Hall–Kier alpha value is -0.0800. The zero-order chi connectivity index (χ0) is 12.7. The van der Waals surface area contributed by atoms with Crippen molar-refractivity contribution in [2.75, 3.05) is 13.2 Å². The van der Waals surface area contributed by atoms with Crippen LogP contribution < -0.4 is 0 Å². The van der Waals surface area contributed by atoms with Gasteiger partial charge < -0.3 is 9.84 Å². The van der Waals surface area contributed by atoms with Crippen molar-refractivity contribution in [2.24, 2.45) is 17.8 Å². The molecule has 1 N–H and O–H groups in total. The van der Waals surface area contributed by atoms with Gasteiger partial charge in [0.1, 0.15) is 0 Å². The number of rotatable bonds is 7. The average molecular weight is 242 g/mol. The lowest BCUT2D eigenvalue weighted by Crippen LogP contribution is -2.29. The quantitative estimate of drug-likeness (QED) is 0.691. The van der Waals surface area contributed by atoms with Gasteiger partial charge >= 0.3 is 0 Å². The van der Waals surface area contributed by atoms with E-state index in [1.807, 2.05) is 0 Å². The maximum absolute atomic E-state index is 9.97. The molecule has 0 aromatic rings. The summed E-state index contributed by atoms with van der Waals surface area (Å²) in [5.74, 6) is 2.03. The topological polar surface area (TPSA) is 29.5 Å². The molecule has 0 heterocycles. The van der Waals surface area contributed by atoms with Gasteiger partial charge in [-0.25, -0.2) is 0 Å². The summed E-state index contributed by atoms with van der Waals surface area (Å²) in [7, 11) is 0. The third-order valence-electron chi connectivity index (χ3n) is 4.10. The Bertz CT molecular complexity index is 191. The van der Waals surface area contributed by atoms with Crippen LogP contribution in [0.25, 0.3) is 0 Å². The van der Waals surface area contributed by atoms with Crippen LogP contribution in [0.15, 0.2) is 0 Å². The van der Waals surface area contributed by atoms with Crippen molar-refractivity contribution in [3.63, 3.8) is 0 Å². The van der Waals surface area contributed by atoms with Crippen LogP contribution in [-0.2, 0) is 4.74 Å². The van der Waals surface area contributed by atoms with Crippen molar-refractivity contribution in [1.82, 2.24) is 0 Å². The lowest BCUT2D eigenvalue weighted by atomic mass is 9.77. The maximum Gasteiger partial charge on any atom is 0.0569 e. The predicted octanol–water partition coefficient (Wildman–Crippen LogP) is 3.63. The highest BCUT2D eigenvalue weighted by molar-refractivity contribution is 4.79. The molecule has 0 amide bonds. The van der Waals surface area contributed by atoms with E-state index in [1.54, 1.807) is 0 Å². The first kappa shape index (κ1) is 15.0. The Morgan fingerprint density at radius 1 is 1.24 bits per heavy atom. The molecule has 0 aromatic carbocycles. The molecular formula is C15H30O2. The van der Waals surface area contributed by atoms with Gasteiger partial charge in [0.2, 0.25) is 0 Å². The summed E-state index contributed by atoms with van der Waals surface area (Å²) in [5, 5.41) is 9.97. The van der Waals surface area contributed by atoms with Crippen LogP contribution in [0.4, 0.5) is 0 Å². The van der Waals surface area contributed by atoms with Gasteiger partial charge in [-0.05, 0) is 49.9 Å². The van der Waals surface area contributed by atoms with Gasteiger partial charge in [-0.2, -0.15) is 0 Å². The first-order chi connectivity index (χ1) is 8.13. The number of aliphatic hydroxyl groups excluding tert-OH is 1. The fraction of sp³-hybridized carbons (Fsp3) is 1.00. The molecule has 1 rings (SSSR count). The smallest absolute Gasteiger partial charge is 0.0569 e. The zero-order valence-corrected chi connectivity index (χ0v) is 11.8. The van der Waals surface area contributed by atoms with E-state index in [9.17, 15) is 5.11 Å². The SMILES string of the molecule is CCC1CCC(O)C(CCOCCC(C)C)C1. The van der Waals surface area contributed by atoms with Crippen LogP contribution in [0, 0.1) is 17.8 Å². The third kappa shape index (κ3) is 5.87. The Morgan fingerprint density at radius 3 is 2.65 bits per heavy atom. The molecule has 3 unspecified atom stereocenters. The summed E-state index contributed by atoms with van der Waals surface area (Å²) in [6, 6.07) is 0. The zero-order valence-electron chi connectivity index (χ0n) is 11.8. The standard InChI is InChI=1S/C15H30O2/c1-4-13-5-6-15(16)14(11-13)8-10-17-9-7-12(2)3/h12-16H,4-11H2,1-3H3. The summed E-state index contributed by atoms with van der Waals surface area (Å²) in [6.07, 6.45) is 6.77. The summed E-state index contributed by atoms with van der Waals surface area (Å²) >= 11 is 0. The van der Waals surface area contributed by atoms with Crippen LogP contribution in [-0.4, -0.2) is 24.4 Å². The van der Waals surface area contributed by atoms with E-state index in [-0.39, 0.29) is 6.10 Å². The fourth-order valence-corrected chi connectivity index (χ4v) is 2.68. The molecule has 0 aliphatic heterocycles. The number of hydrogen-bond donors (Lipinski definition) is 1. The van der Waals surface area contributed by atoms with E-state index in [2.05, 4.69) is 20.8 Å². The number of aliphatic hydroxyl groups is 1. The first-order valence-corrected chi connectivity index (χ1v) is 7.39. The van der Waals surface area contributed by atoms with Crippen molar-refractivity contribution >= 4 is 0 Å². The molecule has 1 saturated carbocycles. The van der Waals surface area contributed by atoms with Gasteiger partial charge in [0.05, 0.1) is 6.10 Å². The number of hydrogen-bond acceptors (Lipinski definition) is 2. The van der Waals surface area contributed by atoms with Gasteiger partial charge in [-0.15, -0.1) is 0 Å². The molecule has 2 heteroatoms.